The first-order valence-electron chi connectivity index (χ1n) is 9.84. The molecule has 2 unspecified atom stereocenters. The van der Waals surface area contributed by atoms with Crippen molar-refractivity contribution in [3.05, 3.63) is 63.7 Å². The molecule has 0 saturated heterocycles. The standard InChI is InChI=1S/C23H30NO5P/c1-13(2)21(23(27)28)24-22(26)19-11-16(6-7-20(19)25)10-18-14(3)8-17(9-15(18)4)12-30(5)29/h6-9,11,13,21,25,29H,10,12H2,1-5H3,(H,24,26)(H,27,28). The third kappa shape index (κ3) is 6.04. The number of phenolic OH excluding ortho intramolecular Hbond substituents is 1. The average Bonchev–Trinajstić information content (AvgIpc) is 2.62. The lowest BCUT2D eigenvalue weighted by Gasteiger charge is -2.19. The predicted octanol–water partition coefficient (Wildman–Crippen LogP) is 3.96. The van der Waals surface area contributed by atoms with E-state index in [0.29, 0.717) is 12.6 Å². The first kappa shape index (κ1) is 23.8. The van der Waals surface area contributed by atoms with Gasteiger partial charge in [-0.15, -0.1) is 0 Å². The van der Waals surface area contributed by atoms with E-state index in [4.69, 9.17) is 0 Å². The SMILES string of the molecule is Cc1cc(CP(C)O)cc(C)c1Cc1ccc(O)c(C(=O)NC(C(=O)O)C(C)C)c1. The van der Waals surface area contributed by atoms with Crippen LogP contribution in [0, 0.1) is 19.8 Å². The Balaban J connectivity index is 2.29. The zero-order valence-corrected chi connectivity index (χ0v) is 19.0. The van der Waals surface area contributed by atoms with E-state index in [-0.39, 0.29) is 17.2 Å². The Kier molecular flexibility index (Phi) is 7.99. The minimum atomic E-state index is -1.11. The molecule has 1 amide bonds. The summed E-state index contributed by atoms with van der Waals surface area (Å²) in [5.74, 6) is -2.20. The van der Waals surface area contributed by atoms with Crippen molar-refractivity contribution in [2.45, 2.75) is 46.3 Å². The van der Waals surface area contributed by atoms with E-state index >= 15 is 0 Å². The summed E-state index contributed by atoms with van der Waals surface area (Å²) in [6, 6.07) is 7.94. The number of carbonyl (C=O) groups excluding carboxylic acids is 1. The van der Waals surface area contributed by atoms with E-state index in [0.717, 1.165) is 27.8 Å². The molecule has 2 aromatic rings. The minimum absolute atomic E-state index is 0.0585. The van der Waals surface area contributed by atoms with Crippen LogP contribution in [0.1, 0.15) is 52.0 Å². The molecule has 0 aliphatic heterocycles. The molecule has 0 bridgehead atoms. The smallest absolute Gasteiger partial charge is 0.326 e. The van der Waals surface area contributed by atoms with Crippen LogP contribution < -0.4 is 5.32 Å². The van der Waals surface area contributed by atoms with Crippen LogP contribution >= 0.6 is 8.15 Å². The number of hydrogen-bond acceptors (Lipinski definition) is 4. The lowest BCUT2D eigenvalue weighted by atomic mass is 9.93. The number of nitrogens with one attached hydrogen (secondary N) is 1. The van der Waals surface area contributed by atoms with Crippen LogP contribution in [-0.4, -0.2) is 39.7 Å². The fourth-order valence-electron chi connectivity index (χ4n) is 3.53. The largest absolute Gasteiger partial charge is 0.507 e. The normalized spacial score (nSPS) is 13.2. The number of aromatic hydroxyl groups is 1. The zero-order chi connectivity index (χ0) is 22.6. The van der Waals surface area contributed by atoms with Crippen LogP contribution in [0.15, 0.2) is 30.3 Å². The summed E-state index contributed by atoms with van der Waals surface area (Å²) in [6.45, 7) is 9.29. The van der Waals surface area contributed by atoms with Gasteiger partial charge in [-0.05, 0) is 72.8 Å². The molecule has 7 heteroatoms. The van der Waals surface area contributed by atoms with Gasteiger partial charge in [-0.1, -0.05) is 32.0 Å². The van der Waals surface area contributed by atoms with Crippen LogP contribution in [0.4, 0.5) is 0 Å². The van der Waals surface area contributed by atoms with Gasteiger partial charge in [-0.3, -0.25) is 4.79 Å². The maximum Gasteiger partial charge on any atom is 0.326 e. The van der Waals surface area contributed by atoms with Gasteiger partial charge in [0, 0.05) is 14.3 Å². The van der Waals surface area contributed by atoms with Crippen molar-refractivity contribution in [3.8, 4) is 5.75 Å². The molecule has 4 N–H and O–H groups in total. The number of aryl methyl sites for hydroxylation is 2. The summed E-state index contributed by atoms with van der Waals surface area (Å²) < 4.78 is 0. The maximum absolute atomic E-state index is 12.6. The molecule has 6 nitrogen and oxygen atoms in total. The van der Waals surface area contributed by atoms with Crippen LogP contribution in [0.25, 0.3) is 0 Å². The van der Waals surface area contributed by atoms with E-state index in [1.807, 2.05) is 20.5 Å². The summed E-state index contributed by atoms with van der Waals surface area (Å²) >= 11 is 0. The highest BCUT2D eigenvalue weighted by atomic mass is 31.1. The first-order chi connectivity index (χ1) is 14.0. The lowest BCUT2D eigenvalue weighted by molar-refractivity contribution is -0.140. The van der Waals surface area contributed by atoms with E-state index in [2.05, 4.69) is 17.4 Å². The molecule has 2 rings (SSSR count). The van der Waals surface area contributed by atoms with Crippen LogP contribution in [0.5, 0.6) is 5.75 Å². The molecule has 2 atom stereocenters. The molecule has 0 aliphatic rings. The Morgan fingerprint density at radius 3 is 2.17 bits per heavy atom. The van der Waals surface area contributed by atoms with Crippen LogP contribution in [-0.2, 0) is 17.4 Å². The topological polar surface area (TPSA) is 107 Å². The van der Waals surface area contributed by atoms with E-state index in [9.17, 15) is 24.7 Å². The first-order valence-corrected chi connectivity index (χ1v) is 11.8. The quantitative estimate of drug-likeness (QED) is 0.474. The monoisotopic (exact) mass is 431 g/mol. The Morgan fingerprint density at radius 1 is 1.07 bits per heavy atom. The predicted molar refractivity (Wildman–Crippen MR) is 119 cm³/mol. The zero-order valence-electron chi connectivity index (χ0n) is 18.1. The van der Waals surface area contributed by atoms with Gasteiger partial charge in [-0.2, -0.15) is 0 Å². The van der Waals surface area contributed by atoms with Crippen molar-refractivity contribution in [1.82, 2.24) is 5.32 Å². The molecule has 0 heterocycles. The number of phenols is 1. The number of carboxylic acids is 1. The highest BCUT2D eigenvalue weighted by Gasteiger charge is 2.25. The van der Waals surface area contributed by atoms with Crippen LogP contribution in [0.3, 0.4) is 0 Å². The van der Waals surface area contributed by atoms with Crippen molar-refractivity contribution in [2.75, 3.05) is 6.66 Å². The van der Waals surface area contributed by atoms with E-state index in [1.54, 1.807) is 26.0 Å². The molecule has 2 aromatic carbocycles. The molecule has 0 aromatic heterocycles. The van der Waals surface area contributed by atoms with Gasteiger partial charge in [0.2, 0.25) is 0 Å². The van der Waals surface area contributed by atoms with Crippen molar-refractivity contribution in [3.63, 3.8) is 0 Å². The third-order valence-electron chi connectivity index (χ3n) is 5.07. The number of amides is 1. The number of benzene rings is 2. The molecule has 0 aliphatic carbocycles. The second-order valence-electron chi connectivity index (χ2n) is 8.09. The van der Waals surface area contributed by atoms with Gasteiger partial charge >= 0.3 is 5.97 Å². The molecule has 0 spiro atoms. The van der Waals surface area contributed by atoms with Crippen molar-refractivity contribution >= 4 is 20.0 Å². The fraction of sp³-hybridized carbons (Fsp3) is 0.391. The van der Waals surface area contributed by atoms with Gasteiger partial charge in [0.05, 0.1) is 5.56 Å². The Hall–Kier alpha value is -2.43. The average molecular weight is 431 g/mol. The molecular weight excluding hydrogens is 401 g/mol. The summed E-state index contributed by atoms with van der Waals surface area (Å²) in [5, 5.41) is 22.0. The molecule has 0 fully saturated rings. The lowest BCUT2D eigenvalue weighted by Crippen LogP contribution is -2.44. The summed E-state index contributed by atoms with van der Waals surface area (Å²) in [7, 11) is -1.01. The van der Waals surface area contributed by atoms with E-state index < -0.39 is 26.1 Å². The van der Waals surface area contributed by atoms with Gasteiger partial charge in [0.15, 0.2) is 0 Å². The summed E-state index contributed by atoms with van der Waals surface area (Å²) in [4.78, 5) is 33.7. The molecular formula is C23H30NO5P. The summed E-state index contributed by atoms with van der Waals surface area (Å²) in [5.41, 5.74) is 5.33. The van der Waals surface area contributed by atoms with Crippen LogP contribution in [0.2, 0.25) is 0 Å². The molecule has 162 valence electrons. The number of aliphatic carboxylic acids is 1. The molecule has 0 saturated carbocycles. The van der Waals surface area contributed by atoms with Gasteiger partial charge in [0.25, 0.3) is 5.91 Å². The van der Waals surface area contributed by atoms with Gasteiger partial charge in [-0.25, -0.2) is 4.79 Å². The highest BCUT2D eigenvalue weighted by molar-refractivity contribution is 7.49. The Labute approximate surface area is 178 Å². The number of rotatable bonds is 8. The van der Waals surface area contributed by atoms with Crippen molar-refractivity contribution < 1.29 is 24.7 Å². The van der Waals surface area contributed by atoms with Gasteiger partial charge in [0.1, 0.15) is 11.8 Å². The van der Waals surface area contributed by atoms with E-state index in [1.165, 1.54) is 6.07 Å². The Bertz CT molecular complexity index is 916. The number of carbonyl (C=O) groups is 2. The van der Waals surface area contributed by atoms with Crippen molar-refractivity contribution in [1.29, 1.82) is 0 Å². The second kappa shape index (κ2) is 10.1. The summed E-state index contributed by atoms with van der Waals surface area (Å²) in [6.07, 6.45) is 1.23. The maximum atomic E-state index is 12.6. The second-order valence-corrected chi connectivity index (χ2v) is 9.72. The number of carboxylic acid groups (broad SMARTS) is 1. The molecule has 30 heavy (non-hydrogen) atoms. The highest BCUT2D eigenvalue weighted by Crippen LogP contribution is 2.32. The number of hydrogen-bond donors (Lipinski definition) is 4. The third-order valence-corrected chi connectivity index (χ3v) is 5.90. The Morgan fingerprint density at radius 2 is 1.67 bits per heavy atom. The van der Waals surface area contributed by atoms with Gasteiger partial charge < -0.3 is 20.4 Å². The fourth-order valence-corrected chi connectivity index (χ4v) is 4.24. The minimum Gasteiger partial charge on any atom is -0.507 e. The molecule has 0 radical (unpaired) electrons. The van der Waals surface area contributed by atoms with Crippen molar-refractivity contribution in [2.24, 2.45) is 5.92 Å².